The molecular weight excluding hydrogens is 456 g/mol. The Bertz CT molecular complexity index is 1310. The van der Waals surface area contributed by atoms with Crippen LogP contribution in [0.25, 0.3) is 6.08 Å². The van der Waals surface area contributed by atoms with Gasteiger partial charge in [0.2, 0.25) is 5.91 Å². The molecule has 8 nitrogen and oxygen atoms in total. The predicted molar refractivity (Wildman–Crippen MR) is 139 cm³/mol. The highest BCUT2D eigenvalue weighted by molar-refractivity contribution is 5.98. The minimum atomic E-state index is -0.619. The molecule has 1 fully saturated rings. The average Bonchev–Trinajstić information content (AvgIpc) is 3.40. The molecule has 0 bridgehead atoms. The summed E-state index contributed by atoms with van der Waals surface area (Å²) in [5.41, 5.74) is 6.21. The molecule has 8 heteroatoms. The molecule has 0 atom stereocenters. The van der Waals surface area contributed by atoms with Crippen LogP contribution in [0.15, 0.2) is 54.6 Å². The lowest BCUT2D eigenvalue weighted by molar-refractivity contribution is -0.142. The van der Waals surface area contributed by atoms with Crippen LogP contribution in [-0.2, 0) is 25.7 Å². The number of rotatable bonds is 8. The molecular formula is C28H30N4O4. The standard InChI is InChI=1S/C28H30N4O4/c1-19-9-11-22(12-10-19)17-32-21(3)25(20(2)30-32)13-14-28(35)36-18-26(33)29-23-6-4-7-24(16-23)31-15-5-8-27(31)34/h4,6-7,9-14,16H,5,8,15,17-18H2,1-3H3,(H,29,33)/b14-13+. The minimum Gasteiger partial charge on any atom is -0.452 e. The molecule has 0 aliphatic carbocycles. The summed E-state index contributed by atoms with van der Waals surface area (Å²) in [6, 6.07) is 15.4. The summed E-state index contributed by atoms with van der Waals surface area (Å²) in [6.45, 7) is 6.79. The summed E-state index contributed by atoms with van der Waals surface area (Å²) >= 11 is 0. The third-order valence-electron chi connectivity index (χ3n) is 6.14. The highest BCUT2D eigenvalue weighted by atomic mass is 16.5. The fourth-order valence-electron chi connectivity index (χ4n) is 4.18. The van der Waals surface area contributed by atoms with E-state index in [4.69, 9.17) is 4.74 Å². The van der Waals surface area contributed by atoms with Crippen molar-refractivity contribution in [3.05, 3.63) is 82.7 Å². The van der Waals surface area contributed by atoms with Gasteiger partial charge in [-0.05, 0) is 57.0 Å². The summed E-state index contributed by atoms with van der Waals surface area (Å²) < 4.78 is 7.01. The molecule has 0 radical (unpaired) electrons. The lowest BCUT2D eigenvalue weighted by Crippen LogP contribution is -2.24. The van der Waals surface area contributed by atoms with Crippen molar-refractivity contribution in [2.45, 2.75) is 40.2 Å². The predicted octanol–water partition coefficient (Wildman–Crippen LogP) is 4.18. The second-order valence-corrected chi connectivity index (χ2v) is 8.92. The summed E-state index contributed by atoms with van der Waals surface area (Å²) in [5, 5.41) is 7.30. The molecule has 2 heterocycles. The van der Waals surface area contributed by atoms with Crippen molar-refractivity contribution in [3.8, 4) is 0 Å². The SMILES string of the molecule is Cc1ccc(Cn2nc(C)c(/C=C/C(=O)OCC(=O)Nc3cccc(N4CCCC4=O)c3)c2C)cc1. The third kappa shape index (κ3) is 6.07. The molecule has 36 heavy (non-hydrogen) atoms. The second kappa shape index (κ2) is 11.0. The van der Waals surface area contributed by atoms with E-state index in [9.17, 15) is 14.4 Å². The van der Waals surface area contributed by atoms with E-state index < -0.39 is 18.5 Å². The second-order valence-electron chi connectivity index (χ2n) is 8.92. The number of anilines is 2. The number of esters is 1. The topological polar surface area (TPSA) is 93.5 Å². The maximum Gasteiger partial charge on any atom is 0.331 e. The average molecular weight is 487 g/mol. The Balaban J connectivity index is 1.30. The van der Waals surface area contributed by atoms with E-state index in [1.54, 1.807) is 29.2 Å². The summed E-state index contributed by atoms with van der Waals surface area (Å²) in [6.07, 6.45) is 4.33. The number of carbonyl (C=O) groups excluding carboxylic acids is 3. The number of carbonyl (C=O) groups is 3. The Labute approximate surface area is 210 Å². The minimum absolute atomic E-state index is 0.0744. The quantitative estimate of drug-likeness (QED) is 0.381. The molecule has 0 saturated carbocycles. The summed E-state index contributed by atoms with van der Waals surface area (Å²) in [4.78, 5) is 38.2. The van der Waals surface area contributed by atoms with Crippen LogP contribution in [0, 0.1) is 20.8 Å². The maximum atomic E-state index is 12.3. The Morgan fingerprint density at radius 3 is 2.61 bits per heavy atom. The molecule has 1 N–H and O–H groups in total. The number of hydrogen-bond acceptors (Lipinski definition) is 5. The Morgan fingerprint density at radius 1 is 1.11 bits per heavy atom. The number of benzene rings is 2. The van der Waals surface area contributed by atoms with Gasteiger partial charge in [-0.15, -0.1) is 0 Å². The van der Waals surface area contributed by atoms with Crippen molar-refractivity contribution in [3.63, 3.8) is 0 Å². The summed E-state index contributed by atoms with van der Waals surface area (Å²) in [7, 11) is 0. The van der Waals surface area contributed by atoms with Gasteiger partial charge in [-0.25, -0.2) is 4.79 Å². The molecule has 2 amide bonds. The normalized spacial score (nSPS) is 13.4. The first-order valence-electron chi connectivity index (χ1n) is 11.9. The lowest BCUT2D eigenvalue weighted by atomic mass is 10.1. The first kappa shape index (κ1) is 24.9. The van der Waals surface area contributed by atoms with Crippen molar-refractivity contribution in [2.24, 2.45) is 0 Å². The number of nitrogens with one attached hydrogen (secondary N) is 1. The molecule has 3 aromatic rings. The van der Waals surface area contributed by atoms with Crippen molar-refractivity contribution in [2.75, 3.05) is 23.4 Å². The van der Waals surface area contributed by atoms with Crippen molar-refractivity contribution >= 4 is 35.2 Å². The van der Waals surface area contributed by atoms with E-state index in [1.807, 2.05) is 24.6 Å². The van der Waals surface area contributed by atoms with Gasteiger partial charge in [0.15, 0.2) is 6.61 Å². The van der Waals surface area contributed by atoms with Crippen LogP contribution in [-0.4, -0.2) is 40.7 Å². The van der Waals surface area contributed by atoms with Crippen LogP contribution in [0.4, 0.5) is 11.4 Å². The van der Waals surface area contributed by atoms with Crippen LogP contribution in [0.2, 0.25) is 0 Å². The van der Waals surface area contributed by atoms with Crippen LogP contribution in [0.5, 0.6) is 0 Å². The molecule has 0 spiro atoms. The number of nitrogens with zero attached hydrogens (tertiary/aromatic N) is 3. The monoisotopic (exact) mass is 486 g/mol. The van der Waals surface area contributed by atoms with E-state index in [0.29, 0.717) is 25.2 Å². The van der Waals surface area contributed by atoms with Gasteiger partial charge < -0.3 is 15.0 Å². The molecule has 1 saturated heterocycles. The number of aromatic nitrogens is 2. The molecule has 1 aliphatic heterocycles. The van der Waals surface area contributed by atoms with Crippen LogP contribution < -0.4 is 10.2 Å². The Kier molecular flexibility index (Phi) is 7.63. The van der Waals surface area contributed by atoms with Gasteiger partial charge in [-0.2, -0.15) is 5.10 Å². The van der Waals surface area contributed by atoms with E-state index in [1.165, 1.54) is 11.6 Å². The van der Waals surface area contributed by atoms with E-state index in [2.05, 4.69) is 41.6 Å². The van der Waals surface area contributed by atoms with Crippen LogP contribution in [0.1, 0.15) is 40.9 Å². The van der Waals surface area contributed by atoms with Gasteiger partial charge in [0.1, 0.15) is 0 Å². The fourth-order valence-corrected chi connectivity index (χ4v) is 4.18. The highest BCUT2D eigenvalue weighted by Gasteiger charge is 2.21. The molecule has 0 unspecified atom stereocenters. The van der Waals surface area contributed by atoms with Crippen molar-refractivity contribution in [1.82, 2.24) is 9.78 Å². The molecule has 186 valence electrons. The van der Waals surface area contributed by atoms with Crippen molar-refractivity contribution in [1.29, 1.82) is 0 Å². The van der Waals surface area contributed by atoms with Crippen LogP contribution in [0.3, 0.4) is 0 Å². The molecule has 1 aliphatic rings. The van der Waals surface area contributed by atoms with Gasteiger partial charge in [0.25, 0.3) is 5.91 Å². The largest absolute Gasteiger partial charge is 0.452 e. The Hall–Kier alpha value is -4.20. The molecule has 4 rings (SSSR count). The highest BCUT2D eigenvalue weighted by Crippen LogP contribution is 2.24. The fraction of sp³-hybridized carbons (Fsp3) is 0.286. The first-order chi connectivity index (χ1) is 17.3. The zero-order valence-electron chi connectivity index (χ0n) is 20.8. The lowest BCUT2D eigenvalue weighted by Gasteiger charge is -2.16. The number of ether oxygens (including phenoxy) is 1. The number of amides is 2. The zero-order chi connectivity index (χ0) is 25.7. The van der Waals surface area contributed by atoms with Gasteiger partial charge in [0, 0.05) is 41.7 Å². The van der Waals surface area contributed by atoms with E-state index in [-0.39, 0.29) is 5.91 Å². The van der Waals surface area contributed by atoms with Gasteiger partial charge >= 0.3 is 5.97 Å². The molecule has 2 aromatic carbocycles. The number of hydrogen-bond donors (Lipinski definition) is 1. The van der Waals surface area contributed by atoms with Crippen LogP contribution >= 0.6 is 0 Å². The van der Waals surface area contributed by atoms with Gasteiger partial charge in [-0.3, -0.25) is 14.3 Å². The van der Waals surface area contributed by atoms with Gasteiger partial charge in [-0.1, -0.05) is 35.9 Å². The van der Waals surface area contributed by atoms with Gasteiger partial charge in [0.05, 0.1) is 12.2 Å². The smallest absolute Gasteiger partial charge is 0.331 e. The van der Waals surface area contributed by atoms with Crippen molar-refractivity contribution < 1.29 is 19.1 Å². The first-order valence-corrected chi connectivity index (χ1v) is 11.9. The number of aryl methyl sites for hydroxylation is 2. The zero-order valence-corrected chi connectivity index (χ0v) is 20.8. The van der Waals surface area contributed by atoms with E-state index in [0.717, 1.165) is 34.6 Å². The van der Waals surface area contributed by atoms with E-state index >= 15 is 0 Å². The third-order valence-corrected chi connectivity index (χ3v) is 6.14. The maximum absolute atomic E-state index is 12.3. The molecule has 1 aromatic heterocycles. The summed E-state index contributed by atoms with van der Waals surface area (Å²) in [5.74, 6) is -1.00. The Morgan fingerprint density at radius 2 is 1.89 bits per heavy atom.